The third-order valence-corrected chi connectivity index (χ3v) is 5.04. The first kappa shape index (κ1) is 19.9. The van der Waals surface area contributed by atoms with Crippen LogP contribution in [0.15, 0.2) is 27.4 Å². The molecule has 1 atom stereocenters. The fourth-order valence-corrected chi connectivity index (χ4v) is 3.57. The van der Waals surface area contributed by atoms with E-state index in [1.54, 1.807) is 12.1 Å². The molecule has 1 amide bonds. The number of rotatable bonds is 8. The average molecular weight is 387 g/mol. The van der Waals surface area contributed by atoms with E-state index in [4.69, 9.17) is 9.15 Å². The van der Waals surface area contributed by atoms with Crippen LogP contribution >= 0.6 is 0 Å². The van der Waals surface area contributed by atoms with Gasteiger partial charge in [0.1, 0.15) is 17.4 Å². The lowest BCUT2D eigenvalue weighted by atomic mass is 9.91. The molecule has 7 heteroatoms. The third kappa shape index (κ3) is 4.52. The Morgan fingerprint density at radius 3 is 2.71 bits per heavy atom. The van der Waals surface area contributed by atoms with E-state index in [1.165, 1.54) is 0 Å². The van der Waals surface area contributed by atoms with Crippen molar-refractivity contribution < 1.29 is 23.8 Å². The number of benzene rings is 1. The van der Waals surface area contributed by atoms with Gasteiger partial charge in [-0.15, -0.1) is 0 Å². The van der Waals surface area contributed by atoms with Crippen LogP contribution in [0.5, 0.6) is 5.75 Å². The quantitative estimate of drug-likeness (QED) is 0.675. The highest BCUT2D eigenvalue weighted by atomic mass is 16.5. The fourth-order valence-electron chi connectivity index (χ4n) is 3.57. The average Bonchev–Trinajstić information content (AvgIpc) is 2.69. The number of aliphatic carboxylic acids is 1. The Kier molecular flexibility index (Phi) is 6.34. The molecule has 0 bridgehead atoms. The molecule has 3 rings (SSSR count). The Morgan fingerprint density at radius 2 is 2.00 bits per heavy atom. The summed E-state index contributed by atoms with van der Waals surface area (Å²) in [5, 5.41) is 12.5. The number of aryl methyl sites for hydroxylation is 1. The van der Waals surface area contributed by atoms with Gasteiger partial charge in [0.25, 0.3) is 5.91 Å². The minimum atomic E-state index is -1.06. The minimum Gasteiger partial charge on any atom is -0.484 e. The highest BCUT2D eigenvalue weighted by molar-refractivity contribution is 5.85. The Morgan fingerprint density at radius 1 is 1.25 bits per heavy atom. The van der Waals surface area contributed by atoms with Gasteiger partial charge in [0.15, 0.2) is 6.61 Å². The molecule has 0 saturated heterocycles. The summed E-state index contributed by atoms with van der Waals surface area (Å²) < 4.78 is 10.9. The van der Waals surface area contributed by atoms with Gasteiger partial charge in [0.2, 0.25) is 0 Å². The monoisotopic (exact) mass is 387 g/mol. The van der Waals surface area contributed by atoms with Gasteiger partial charge >= 0.3 is 11.6 Å². The maximum Gasteiger partial charge on any atom is 0.339 e. The Balaban J connectivity index is 1.68. The number of carbonyl (C=O) groups excluding carboxylic acids is 1. The molecule has 0 saturated carbocycles. The molecular weight excluding hydrogens is 362 g/mol. The smallest absolute Gasteiger partial charge is 0.339 e. The summed E-state index contributed by atoms with van der Waals surface area (Å²) in [5.41, 5.74) is 1.94. The van der Waals surface area contributed by atoms with Crippen LogP contribution in [-0.2, 0) is 22.4 Å². The van der Waals surface area contributed by atoms with E-state index in [9.17, 15) is 19.5 Å². The number of ether oxygens (including phenoxy) is 1. The van der Waals surface area contributed by atoms with Gasteiger partial charge in [-0.2, -0.15) is 0 Å². The van der Waals surface area contributed by atoms with Gasteiger partial charge < -0.3 is 19.6 Å². The normalized spacial score (nSPS) is 14.3. The number of unbranched alkanes of at least 4 members (excludes halogenated alkanes) is 1. The molecule has 1 heterocycles. The Hall–Kier alpha value is -2.83. The molecule has 2 N–H and O–H groups in total. The van der Waals surface area contributed by atoms with E-state index >= 15 is 0 Å². The third-order valence-electron chi connectivity index (χ3n) is 5.04. The van der Waals surface area contributed by atoms with Crippen molar-refractivity contribution in [3.05, 3.63) is 39.7 Å². The second kappa shape index (κ2) is 8.91. The van der Waals surface area contributed by atoms with Gasteiger partial charge in [0, 0.05) is 17.0 Å². The van der Waals surface area contributed by atoms with E-state index in [0.29, 0.717) is 24.2 Å². The van der Waals surface area contributed by atoms with Crippen molar-refractivity contribution in [3.8, 4) is 5.75 Å². The van der Waals surface area contributed by atoms with E-state index < -0.39 is 17.9 Å². The number of hydrogen-bond donors (Lipinski definition) is 2. The van der Waals surface area contributed by atoms with Crippen LogP contribution in [0, 0.1) is 0 Å². The molecule has 1 aliphatic carbocycles. The fraction of sp³-hybridized carbons (Fsp3) is 0.476. The summed E-state index contributed by atoms with van der Waals surface area (Å²) >= 11 is 0. The van der Waals surface area contributed by atoms with E-state index in [0.717, 1.165) is 48.6 Å². The maximum absolute atomic E-state index is 12.2. The van der Waals surface area contributed by atoms with Crippen molar-refractivity contribution in [1.82, 2.24) is 5.32 Å². The molecule has 7 nitrogen and oxygen atoms in total. The molecule has 0 spiro atoms. The largest absolute Gasteiger partial charge is 0.484 e. The summed E-state index contributed by atoms with van der Waals surface area (Å²) in [6.07, 6.45) is 5.59. The number of nitrogens with one attached hydrogen (secondary N) is 1. The molecule has 0 fully saturated rings. The molecule has 2 aromatic rings. The topological polar surface area (TPSA) is 106 Å². The molecule has 0 aliphatic heterocycles. The highest BCUT2D eigenvalue weighted by Gasteiger charge is 2.20. The highest BCUT2D eigenvalue weighted by Crippen LogP contribution is 2.29. The number of carboxylic acids is 1. The van der Waals surface area contributed by atoms with E-state index in [1.807, 2.05) is 13.0 Å². The van der Waals surface area contributed by atoms with Crippen molar-refractivity contribution in [2.24, 2.45) is 0 Å². The van der Waals surface area contributed by atoms with E-state index in [2.05, 4.69) is 5.32 Å². The van der Waals surface area contributed by atoms with Crippen LogP contribution in [-0.4, -0.2) is 29.6 Å². The van der Waals surface area contributed by atoms with Crippen LogP contribution in [0.3, 0.4) is 0 Å². The lowest BCUT2D eigenvalue weighted by Crippen LogP contribution is -2.42. The number of carbonyl (C=O) groups is 2. The summed E-state index contributed by atoms with van der Waals surface area (Å²) in [6.45, 7) is 1.65. The lowest BCUT2D eigenvalue weighted by Gasteiger charge is -2.17. The van der Waals surface area contributed by atoms with Gasteiger partial charge in [-0.05, 0) is 49.8 Å². The lowest BCUT2D eigenvalue weighted by molar-refractivity contribution is -0.142. The SMILES string of the molecule is CCCCC(NC(=O)COc1ccc2c3c(c(=O)oc2c1)CCCC3)C(=O)O. The minimum absolute atomic E-state index is 0.308. The van der Waals surface area contributed by atoms with Crippen LogP contribution in [0.1, 0.15) is 50.2 Å². The predicted molar refractivity (Wildman–Crippen MR) is 104 cm³/mol. The molecule has 1 aromatic carbocycles. The second-order valence-corrected chi connectivity index (χ2v) is 7.10. The molecule has 1 aliphatic rings. The molecule has 150 valence electrons. The molecular formula is C21H25NO6. The number of amides is 1. The summed E-state index contributed by atoms with van der Waals surface area (Å²) in [6, 6.07) is 4.26. The Bertz CT molecular complexity index is 932. The first-order valence-electron chi connectivity index (χ1n) is 9.73. The van der Waals surface area contributed by atoms with Crippen molar-refractivity contribution in [2.75, 3.05) is 6.61 Å². The zero-order valence-corrected chi connectivity index (χ0v) is 16.0. The zero-order valence-electron chi connectivity index (χ0n) is 16.0. The predicted octanol–water partition coefficient (Wildman–Crippen LogP) is 2.81. The first-order valence-corrected chi connectivity index (χ1v) is 9.73. The van der Waals surface area contributed by atoms with Gasteiger partial charge in [-0.3, -0.25) is 4.79 Å². The van der Waals surface area contributed by atoms with Crippen LogP contribution in [0.2, 0.25) is 0 Å². The maximum atomic E-state index is 12.2. The first-order chi connectivity index (χ1) is 13.5. The summed E-state index contributed by atoms with van der Waals surface area (Å²) in [5.74, 6) is -1.17. The molecule has 1 unspecified atom stereocenters. The zero-order chi connectivity index (χ0) is 20.1. The second-order valence-electron chi connectivity index (χ2n) is 7.10. The number of hydrogen-bond acceptors (Lipinski definition) is 5. The Labute approximate surface area is 162 Å². The van der Waals surface area contributed by atoms with Gasteiger partial charge in [-0.25, -0.2) is 9.59 Å². The molecule has 28 heavy (non-hydrogen) atoms. The van der Waals surface area contributed by atoms with Crippen molar-refractivity contribution >= 4 is 22.8 Å². The van der Waals surface area contributed by atoms with Crippen molar-refractivity contribution in [2.45, 2.75) is 57.9 Å². The van der Waals surface area contributed by atoms with Crippen LogP contribution in [0.25, 0.3) is 11.0 Å². The van der Waals surface area contributed by atoms with E-state index in [-0.39, 0.29) is 12.2 Å². The van der Waals surface area contributed by atoms with Crippen molar-refractivity contribution in [3.63, 3.8) is 0 Å². The number of fused-ring (bicyclic) bond motifs is 3. The molecule has 0 radical (unpaired) electrons. The summed E-state index contributed by atoms with van der Waals surface area (Å²) in [4.78, 5) is 35.4. The van der Waals surface area contributed by atoms with Gasteiger partial charge in [0.05, 0.1) is 0 Å². The van der Waals surface area contributed by atoms with Gasteiger partial charge in [-0.1, -0.05) is 19.8 Å². The van der Waals surface area contributed by atoms with Crippen LogP contribution < -0.4 is 15.7 Å². The van der Waals surface area contributed by atoms with Crippen LogP contribution in [0.4, 0.5) is 0 Å². The molecule has 1 aromatic heterocycles. The summed E-state index contributed by atoms with van der Waals surface area (Å²) in [7, 11) is 0. The number of carboxylic acid groups (broad SMARTS) is 1. The van der Waals surface area contributed by atoms with Crippen molar-refractivity contribution in [1.29, 1.82) is 0 Å². The standard InChI is InChI=1S/C21H25NO6/c1-2-3-8-17(20(24)25)22-19(23)12-27-13-9-10-15-14-6-4-5-7-16(14)21(26)28-18(15)11-13/h9-11,17H,2-8,12H2,1H3,(H,22,23)(H,24,25).